The predicted octanol–water partition coefficient (Wildman–Crippen LogP) is 5.72. The van der Waals surface area contributed by atoms with Crippen molar-refractivity contribution in [2.75, 3.05) is 13.1 Å². The van der Waals surface area contributed by atoms with Crippen LogP contribution in [0, 0.1) is 40.9 Å². The minimum absolute atomic E-state index is 0.0303. The van der Waals surface area contributed by atoms with Gasteiger partial charge in [-0.3, -0.25) is 24.0 Å². The van der Waals surface area contributed by atoms with Gasteiger partial charge in [-0.05, 0) is 124 Å². The fraction of sp³-hybridized carbons (Fsp3) is 0.818. The summed E-state index contributed by atoms with van der Waals surface area (Å²) in [6, 6.07) is -3.02. The fourth-order valence-electron chi connectivity index (χ4n) is 12.1. The smallest absolute Gasteiger partial charge is 0.315 e. The van der Waals surface area contributed by atoms with Gasteiger partial charge in [-0.15, -0.1) is 6.58 Å². The number of carbonyl (C=O) groups is 6. The lowest BCUT2D eigenvalue weighted by Crippen LogP contribution is -2.64. The minimum atomic E-state index is -1.14. The van der Waals surface area contributed by atoms with Crippen LogP contribution >= 0.6 is 0 Å². The van der Waals surface area contributed by atoms with Crippen LogP contribution in [0.4, 0.5) is 4.79 Å². The van der Waals surface area contributed by atoms with Gasteiger partial charge in [0, 0.05) is 18.6 Å². The number of allylic oxidation sites excluding steroid dienone is 1. The molecule has 56 heavy (non-hydrogen) atoms. The van der Waals surface area contributed by atoms with Crippen molar-refractivity contribution in [3.63, 3.8) is 0 Å². The van der Waals surface area contributed by atoms with Crippen LogP contribution in [0.5, 0.6) is 0 Å². The number of amides is 5. The van der Waals surface area contributed by atoms with Crippen LogP contribution in [0.2, 0.25) is 0 Å². The molecular weight excluding hydrogens is 711 g/mol. The molecule has 0 aromatic rings. The number of Topliss-reactive ketones (excluding diaryl/α,β-unsaturated/α-hetero) is 1. The maximum Gasteiger partial charge on any atom is 0.315 e. The van der Waals surface area contributed by atoms with Crippen molar-refractivity contribution in [3.05, 3.63) is 12.7 Å². The molecule has 0 aromatic carbocycles. The van der Waals surface area contributed by atoms with Crippen molar-refractivity contribution in [1.29, 1.82) is 0 Å². The molecule has 4 bridgehead atoms. The molecule has 1 heterocycles. The van der Waals surface area contributed by atoms with Crippen molar-refractivity contribution >= 4 is 35.5 Å². The number of piperidine rings is 1. The van der Waals surface area contributed by atoms with Crippen LogP contribution in [-0.2, 0) is 28.7 Å². The van der Waals surface area contributed by atoms with Gasteiger partial charge in [-0.2, -0.15) is 0 Å². The van der Waals surface area contributed by atoms with E-state index in [4.69, 9.17) is 4.74 Å². The van der Waals surface area contributed by atoms with Gasteiger partial charge in [0.25, 0.3) is 5.91 Å². The lowest BCUT2D eigenvalue weighted by Gasteiger charge is -2.56. The van der Waals surface area contributed by atoms with Gasteiger partial charge in [0.1, 0.15) is 17.7 Å². The Hall–Kier alpha value is -3.44. The molecule has 7 fully saturated rings. The largest absolute Gasteiger partial charge is 0.459 e. The quantitative estimate of drug-likeness (QED) is 0.0786. The number of hydrogen-bond donors (Lipinski definition) is 4. The molecule has 7 rings (SSSR count). The number of ether oxygens (including phenoxy) is 1. The lowest BCUT2D eigenvalue weighted by atomic mass is 9.53. The van der Waals surface area contributed by atoms with Gasteiger partial charge >= 0.3 is 12.0 Å². The van der Waals surface area contributed by atoms with E-state index in [1.54, 1.807) is 11.0 Å². The molecule has 2 unspecified atom stereocenters. The second-order valence-corrected chi connectivity index (χ2v) is 19.1. The number of ketones is 1. The summed E-state index contributed by atoms with van der Waals surface area (Å²) in [6.45, 7) is 14.2. The number of fused-ring (bicyclic) bond motifs is 1. The predicted molar refractivity (Wildman–Crippen MR) is 213 cm³/mol. The number of likely N-dealkylation sites (tertiary alicyclic amines) is 1. The number of nitrogens with zero attached hydrogens (tertiary/aromatic N) is 1. The Bertz CT molecular complexity index is 1470. The molecule has 7 aliphatic rings. The van der Waals surface area contributed by atoms with Gasteiger partial charge in [-0.25, -0.2) is 4.79 Å². The number of esters is 1. The molecule has 0 aromatic heterocycles. The minimum Gasteiger partial charge on any atom is -0.459 e. The molecule has 0 spiro atoms. The average Bonchev–Trinajstić information content (AvgIpc) is 3.46. The maximum atomic E-state index is 14.8. The summed E-state index contributed by atoms with van der Waals surface area (Å²) in [6.07, 6.45) is 15.7. The van der Waals surface area contributed by atoms with Gasteiger partial charge in [0.05, 0.1) is 12.5 Å². The highest BCUT2D eigenvalue weighted by atomic mass is 16.6. The topological polar surface area (TPSA) is 163 Å². The zero-order valence-electron chi connectivity index (χ0n) is 34.7. The van der Waals surface area contributed by atoms with E-state index in [9.17, 15) is 28.8 Å². The van der Waals surface area contributed by atoms with Crippen LogP contribution in [0.1, 0.15) is 144 Å². The molecule has 6 aliphatic carbocycles. The van der Waals surface area contributed by atoms with E-state index in [0.717, 1.165) is 51.4 Å². The molecule has 0 radical (unpaired) electrons. The highest BCUT2D eigenvalue weighted by molar-refractivity contribution is 6.38. The van der Waals surface area contributed by atoms with Gasteiger partial charge in [0.2, 0.25) is 17.6 Å². The summed E-state index contributed by atoms with van der Waals surface area (Å²) >= 11 is 0. The average molecular weight is 780 g/mol. The van der Waals surface area contributed by atoms with Crippen LogP contribution in [-0.4, -0.2) is 82.8 Å². The number of hydrogen-bond acceptors (Lipinski definition) is 7. The van der Waals surface area contributed by atoms with E-state index >= 15 is 0 Å². The molecule has 5 atom stereocenters. The standard InChI is InChI=1S/C44H69N5O7/c1-7-11-17-32(37(51)39(53)45-19-18-33(50)56-44(8-2,9-3)10-4)46-38(52)36-34-31(42(34,5)6)26-49(36)40(54)35(30-15-13-12-14-16-30)47-41(55)48-43-23-27-20-28(24-43)22-29(21-27)25-43/h7,27-32,34-36H,1,8-26H2,2-6H3,(H,45,53)(H,46,52)(H2,47,48,55)/t27?,28?,29?,31-,32?,34-,35?,36-,43?/m0/s1. The Labute approximate surface area is 334 Å². The summed E-state index contributed by atoms with van der Waals surface area (Å²) in [5, 5.41) is 12.0. The first-order chi connectivity index (χ1) is 26.7. The highest BCUT2D eigenvalue weighted by Gasteiger charge is 2.70. The molecule has 6 saturated carbocycles. The Morgan fingerprint density at radius 1 is 0.893 bits per heavy atom. The lowest BCUT2D eigenvalue weighted by molar-refractivity contribution is -0.161. The third-order valence-electron chi connectivity index (χ3n) is 15.2. The molecule has 312 valence electrons. The van der Waals surface area contributed by atoms with E-state index in [0.29, 0.717) is 50.0 Å². The summed E-state index contributed by atoms with van der Waals surface area (Å²) in [5.74, 6) is -0.898. The Morgan fingerprint density at radius 2 is 1.50 bits per heavy atom. The van der Waals surface area contributed by atoms with Crippen LogP contribution in [0.25, 0.3) is 0 Å². The first-order valence-corrected chi connectivity index (χ1v) is 22.0. The first-order valence-electron chi connectivity index (χ1n) is 22.0. The van der Waals surface area contributed by atoms with E-state index in [-0.39, 0.29) is 60.0 Å². The Balaban J connectivity index is 1.12. The summed E-state index contributed by atoms with van der Waals surface area (Å²) in [4.78, 5) is 84.0. The molecule has 1 aliphatic heterocycles. The highest BCUT2D eigenvalue weighted by Crippen LogP contribution is 2.65. The molecule has 12 heteroatoms. The number of rotatable bonds is 18. The van der Waals surface area contributed by atoms with Crippen LogP contribution < -0.4 is 21.3 Å². The van der Waals surface area contributed by atoms with Gasteiger partial charge < -0.3 is 30.9 Å². The zero-order valence-corrected chi connectivity index (χ0v) is 34.7. The number of carbonyl (C=O) groups excluding carboxylic acids is 6. The van der Waals surface area contributed by atoms with Gasteiger partial charge in [-0.1, -0.05) is 60.0 Å². The van der Waals surface area contributed by atoms with E-state index in [2.05, 4.69) is 41.7 Å². The van der Waals surface area contributed by atoms with E-state index in [1.165, 1.54) is 19.3 Å². The van der Waals surface area contributed by atoms with Crippen LogP contribution in [0.3, 0.4) is 0 Å². The fourth-order valence-corrected chi connectivity index (χ4v) is 12.1. The third-order valence-corrected chi connectivity index (χ3v) is 15.2. The monoisotopic (exact) mass is 780 g/mol. The molecule has 4 N–H and O–H groups in total. The molecular formula is C44H69N5O7. The van der Waals surface area contributed by atoms with Crippen molar-refractivity contribution < 1.29 is 33.5 Å². The van der Waals surface area contributed by atoms with Crippen molar-refractivity contribution in [1.82, 2.24) is 26.2 Å². The Kier molecular flexibility index (Phi) is 12.9. The maximum absolute atomic E-state index is 14.8. The van der Waals surface area contributed by atoms with Gasteiger partial charge in [0.15, 0.2) is 0 Å². The molecule has 12 nitrogen and oxygen atoms in total. The van der Waals surface area contributed by atoms with E-state index in [1.807, 2.05) is 20.8 Å². The summed E-state index contributed by atoms with van der Waals surface area (Å²) in [7, 11) is 0. The third kappa shape index (κ3) is 8.83. The normalized spacial score (nSPS) is 31.1. The van der Waals surface area contributed by atoms with Crippen LogP contribution in [0.15, 0.2) is 12.7 Å². The molecule has 1 saturated heterocycles. The zero-order chi connectivity index (χ0) is 40.4. The SMILES string of the molecule is C=CCCC(NC(=O)[C@@H]1[C@@H]2[C@H](CN1C(=O)C(NC(=O)NC13CC4CC(CC(C4)C1)C3)C1CCCCC1)C2(C)C)C(=O)C(=O)NCCC(=O)OC(CC)(CC)CC. The first kappa shape index (κ1) is 42.2. The number of nitrogens with one attached hydrogen (secondary N) is 4. The second kappa shape index (κ2) is 17.2. The summed E-state index contributed by atoms with van der Waals surface area (Å²) < 4.78 is 5.73. The Morgan fingerprint density at radius 3 is 2.07 bits per heavy atom. The van der Waals surface area contributed by atoms with E-state index < -0.39 is 47.3 Å². The van der Waals surface area contributed by atoms with Crippen molar-refractivity contribution in [2.45, 2.75) is 173 Å². The summed E-state index contributed by atoms with van der Waals surface area (Å²) in [5.41, 5.74) is -0.928. The van der Waals surface area contributed by atoms with Crippen molar-refractivity contribution in [3.8, 4) is 0 Å². The van der Waals surface area contributed by atoms with Crippen molar-refractivity contribution in [2.24, 2.45) is 40.9 Å². The molecule has 5 amide bonds. The second-order valence-electron chi connectivity index (χ2n) is 19.1. The number of urea groups is 1.